The summed E-state index contributed by atoms with van der Waals surface area (Å²) in [7, 11) is 0. The molecule has 2 atom stereocenters. The lowest BCUT2D eigenvalue weighted by molar-refractivity contribution is -0.192. The molecule has 2 aliphatic rings. The molecule has 0 unspecified atom stereocenters. The minimum Gasteiger partial charge on any atom is -0.475 e. The number of amides is 2. The van der Waals surface area contributed by atoms with Gasteiger partial charge in [-0.1, -0.05) is 0 Å². The Kier molecular flexibility index (Phi) is 7.28. The second-order valence-electron chi connectivity index (χ2n) is 5.80. The first-order chi connectivity index (χ1) is 11.5. The third-order valence-corrected chi connectivity index (χ3v) is 3.88. The predicted molar refractivity (Wildman–Crippen MR) is 79.1 cm³/mol. The molecular formula is C15H19F3N2O5. The average molecular weight is 364 g/mol. The van der Waals surface area contributed by atoms with E-state index in [1.54, 1.807) is 0 Å². The van der Waals surface area contributed by atoms with Gasteiger partial charge in [-0.15, -0.1) is 0 Å². The number of hydrogen-bond donors (Lipinski definition) is 2. The summed E-state index contributed by atoms with van der Waals surface area (Å²) in [6.07, 6.45) is 0.993. The fourth-order valence-electron chi connectivity index (χ4n) is 2.58. The van der Waals surface area contributed by atoms with Crippen LogP contribution in [0.5, 0.6) is 0 Å². The normalized spacial score (nSPS) is 22.8. The number of carbonyl (C=O) groups is 4. The zero-order valence-electron chi connectivity index (χ0n) is 13.3. The molecule has 1 saturated carbocycles. The van der Waals surface area contributed by atoms with E-state index in [0.717, 1.165) is 19.3 Å². The molecular weight excluding hydrogens is 345 g/mol. The smallest absolute Gasteiger partial charge is 0.475 e. The van der Waals surface area contributed by atoms with Gasteiger partial charge in [-0.2, -0.15) is 13.2 Å². The van der Waals surface area contributed by atoms with Gasteiger partial charge in [-0.25, -0.2) is 4.79 Å². The quantitative estimate of drug-likeness (QED) is 0.704. The Balaban J connectivity index is 0.000000381. The van der Waals surface area contributed by atoms with Crippen molar-refractivity contribution in [2.45, 2.75) is 44.3 Å². The molecule has 25 heavy (non-hydrogen) atoms. The highest BCUT2D eigenvalue weighted by atomic mass is 19.4. The molecule has 1 fully saturated rings. The number of Topliss-reactive ketones (excluding diaryl/α,β-unsaturated/α-hetero) is 1. The summed E-state index contributed by atoms with van der Waals surface area (Å²) in [5.41, 5.74) is 5.77. The van der Waals surface area contributed by atoms with Crippen molar-refractivity contribution < 1.29 is 37.5 Å². The number of aliphatic carboxylic acids is 1. The van der Waals surface area contributed by atoms with Crippen LogP contribution in [-0.4, -0.2) is 52.3 Å². The van der Waals surface area contributed by atoms with Gasteiger partial charge in [-0.05, 0) is 25.7 Å². The number of hydrogen-bond acceptors (Lipinski definition) is 5. The van der Waals surface area contributed by atoms with Crippen molar-refractivity contribution in [1.29, 1.82) is 0 Å². The van der Waals surface area contributed by atoms with Crippen molar-refractivity contribution in [2.75, 3.05) is 6.54 Å². The highest BCUT2D eigenvalue weighted by Crippen LogP contribution is 2.26. The molecule has 0 radical (unpaired) electrons. The number of carboxylic acid groups (broad SMARTS) is 1. The minimum atomic E-state index is -5.08. The fraction of sp³-hybridized carbons (Fsp3) is 0.600. The number of carboxylic acids is 1. The molecule has 140 valence electrons. The van der Waals surface area contributed by atoms with Gasteiger partial charge < -0.3 is 10.8 Å². The van der Waals surface area contributed by atoms with Crippen LogP contribution in [0.2, 0.25) is 0 Å². The molecule has 10 heteroatoms. The maximum absolute atomic E-state index is 11.9. The van der Waals surface area contributed by atoms with Gasteiger partial charge in [0.1, 0.15) is 5.78 Å². The first-order valence-electron chi connectivity index (χ1n) is 7.64. The molecule has 1 heterocycles. The Labute approximate surface area is 141 Å². The second kappa shape index (κ2) is 8.75. The number of nitrogens with two attached hydrogens (primary N) is 1. The first-order valence-corrected chi connectivity index (χ1v) is 7.64. The Hall–Kier alpha value is -2.23. The van der Waals surface area contributed by atoms with E-state index in [1.165, 1.54) is 17.1 Å². The molecule has 2 rings (SSSR count). The Morgan fingerprint density at radius 1 is 1.20 bits per heavy atom. The largest absolute Gasteiger partial charge is 0.490 e. The van der Waals surface area contributed by atoms with Crippen LogP contribution in [-0.2, 0) is 19.2 Å². The van der Waals surface area contributed by atoms with Crippen LogP contribution < -0.4 is 5.73 Å². The topological polar surface area (TPSA) is 118 Å². The van der Waals surface area contributed by atoms with Gasteiger partial charge in [-0.3, -0.25) is 19.3 Å². The molecule has 1 aliphatic heterocycles. The fourth-order valence-corrected chi connectivity index (χ4v) is 2.58. The highest BCUT2D eigenvalue weighted by molar-refractivity contribution is 6.12. The third-order valence-electron chi connectivity index (χ3n) is 3.88. The number of rotatable bonds is 5. The molecule has 1 aliphatic carbocycles. The lowest BCUT2D eigenvalue weighted by Crippen LogP contribution is -2.31. The van der Waals surface area contributed by atoms with E-state index in [9.17, 15) is 27.6 Å². The number of ketones is 1. The standard InChI is InChI=1S/C13H18N2O3.C2HF3O2/c14-10-4-3-9(8-10)11(16)2-1-7-15-12(17)5-6-13(15)18;3-2(4,5)1(6)7/h5-6,9-10H,1-4,7-8,14H2;(H,6,7)/t9-,10+;/m1./s1. The van der Waals surface area contributed by atoms with Gasteiger partial charge in [0.25, 0.3) is 11.8 Å². The minimum absolute atomic E-state index is 0.0862. The van der Waals surface area contributed by atoms with Crippen molar-refractivity contribution in [3.63, 3.8) is 0 Å². The summed E-state index contributed by atoms with van der Waals surface area (Å²) in [6.45, 7) is 0.329. The predicted octanol–water partition coefficient (Wildman–Crippen LogP) is 1.02. The SMILES string of the molecule is N[C@H]1CC[C@@H](C(=O)CCCN2C(=O)C=CC2=O)C1.O=C(O)C(F)(F)F. The molecule has 0 spiro atoms. The summed E-state index contributed by atoms with van der Waals surface area (Å²) in [6, 6.07) is 0.157. The average Bonchev–Trinajstić information content (AvgIpc) is 3.07. The molecule has 3 N–H and O–H groups in total. The lowest BCUT2D eigenvalue weighted by atomic mass is 9.98. The number of alkyl halides is 3. The van der Waals surface area contributed by atoms with Crippen LogP contribution in [0.4, 0.5) is 13.2 Å². The highest BCUT2D eigenvalue weighted by Gasteiger charge is 2.38. The number of imide groups is 1. The number of carbonyl (C=O) groups excluding carboxylic acids is 3. The molecule has 7 nitrogen and oxygen atoms in total. The van der Waals surface area contributed by atoms with Crippen LogP contribution in [0.3, 0.4) is 0 Å². The van der Waals surface area contributed by atoms with Crippen molar-refractivity contribution in [1.82, 2.24) is 4.90 Å². The van der Waals surface area contributed by atoms with E-state index in [0.29, 0.717) is 19.4 Å². The monoisotopic (exact) mass is 364 g/mol. The van der Waals surface area contributed by atoms with E-state index in [-0.39, 0.29) is 29.6 Å². The maximum atomic E-state index is 11.9. The van der Waals surface area contributed by atoms with E-state index in [4.69, 9.17) is 15.6 Å². The van der Waals surface area contributed by atoms with E-state index in [1.807, 2.05) is 0 Å². The van der Waals surface area contributed by atoms with Gasteiger partial charge in [0, 0.05) is 37.1 Å². The molecule has 0 aromatic carbocycles. The molecule has 0 saturated heterocycles. The Bertz CT molecular complexity index is 556. The van der Waals surface area contributed by atoms with Gasteiger partial charge in [0.05, 0.1) is 0 Å². The number of halogens is 3. The Morgan fingerprint density at radius 2 is 1.72 bits per heavy atom. The van der Waals surface area contributed by atoms with E-state index < -0.39 is 12.1 Å². The van der Waals surface area contributed by atoms with Crippen molar-refractivity contribution in [3.8, 4) is 0 Å². The van der Waals surface area contributed by atoms with Crippen LogP contribution in [0.1, 0.15) is 32.1 Å². The van der Waals surface area contributed by atoms with Crippen LogP contribution in [0.15, 0.2) is 12.2 Å². The van der Waals surface area contributed by atoms with Crippen molar-refractivity contribution in [2.24, 2.45) is 11.7 Å². The van der Waals surface area contributed by atoms with Crippen molar-refractivity contribution in [3.05, 3.63) is 12.2 Å². The lowest BCUT2D eigenvalue weighted by Gasteiger charge is -2.14. The van der Waals surface area contributed by atoms with Gasteiger partial charge in [0.15, 0.2) is 0 Å². The molecule has 0 aromatic rings. The van der Waals surface area contributed by atoms with Gasteiger partial charge in [0.2, 0.25) is 0 Å². The zero-order valence-corrected chi connectivity index (χ0v) is 13.3. The third kappa shape index (κ3) is 6.65. The first kappa shape index (κ1) is 20.8. The van der Waals surface area contributed by atoms with Gasteiger partial charge >= 0.3 is 12.1 Å². The summed E-state index contributed by atoms with van der Waals surface area (Å²) >= 11 is 0. The summed E-state index contributed by atoms with van der Waals surface area (Å²) in [5.74, 6) is -3.02. The molecule has 0 aromatic heterocycles. The Morgan fingerprint density at radius 3 is 2.12 bits per heavy atom. The summed E-state index contributed by atoms with van der Waals surface area (Å²) in [5, 5.41) is 7.12. The van der Waals surface area contributed by atoms with Crippen molar-refractivity contribution >= 4 is 23.6 Å². The van der Waals surface area contributed by atoms with E-state index in [2.05, 4.69) is 0 Å². The zero-order chi connectivity index (χ0) is 19.2. The van der Waals surface area contributed by atoms with Crippen LogP contribution >= 0.6 is 0 Å². The summed E-state index contributed by atoms with van der Waals surface area (Å²) < 4.78 is 31.7. The molecule has 2 amide bonds. The molecule has 0 bridgehead atoms. The van der Waals surface area contributed by atoms with Crippen LogP contribution in [0, 0.1) is 5.92 Å². The van der Waals surface area contributed by atoms with Crippen LogP contribution in [0.25, 0.3) is 0 Å². The second-order valence-corrected chi connectivity index (χ2v) is 5.80. The summed E-state index contributed by atoms with van der Waals surface area (Å²) in [4.78, 5) is 44.5. The number of nitrogens with zero attached hydrogens (tertiary/aromatic N) is 1. The maximum Gasteiger partial charge on any atom is 0.490 e. The van der Waals surface area contributed by atoms with E-state index >= 15 is 0 Å².